The van der Waals surface area contributed by atoms with E-state index in [0.29, 0.717) is 0 Å². The van der Waals surface area contributed by atoms with Crippen molar-refractivity contribution in [3.05, 3.63) is 24.4 Å². The van der Waals surface area contributed by atoms with Crippen LogP contribution in [0.5, 0.6) is 0 Å². The zero-order chi connectivity index (χ0) is 10.0. The summed E-state index contributed by atoms with van der Waals surface area (Å²) in [7, 11) is 0. The number of pyridine rings is 1. The Kier molecular flexibility index (Phi) is 2.42. The van der Waals surface area contributed by atoms with Crippen molar-refractivity contribution >= 4 is 5.82 Å². The van der Waals surface area contributed by atoms with Crippen molar-refractivity contribution in [2.45, 2.75) is 25.4 Å². The van der Waals surface area contributed by atoms with Crippen LogP contribution in [-0.4, -0.2) is 28.8 Å². The van der Waals surface area contributed by atoms with Gasteiger partial charge in [0, 0.05) is 19.3 Å². The summed E-state index contributed by atoms with van der Waals surface area (Å²) in [5.74, 6) is 0.961. The fourth-order valence-corrected chi connectivity index (χ4v) is 1.71. The zero-order valence-electron chi connectivity index (χ0n) is 8.40. The topological polar surface area (TPSA) is 36.4 Å². The smallest absolute Gasteiger partial charge is 0.129 e. The predicted molar refractivity (Wildman–Crippen MR) is 55.1 cm³/mol. The quantitative estimate of drug-likeness (QED) is 0.725. The Morgan fingerprint density at radius 2 is 2.21 bits per heavy atom. The van der Waals surface area contributed by atoms with E-state index in [-0.39, 0.29) is 0 Å². The van der Waals surface area contributed by atoms with Crippen LogP contribution in [0.2, 0.25) is 0 Å². The molecule has 75 valence electrons. The molecule has 3 nitrogen and oxygen atoms in total. The second-order valence-electron chi connectivity index (χ2n) is 4.10. The van der Waals surface area contributed by atoms with E-state index in [1.807, 2.05) is 13.0 Å². The van der Waals surface area contributed by atoms with Crippen molar-refractivity contribution in [1.82, 2.24) is 4.98 Å². The molecule has 0 atom stereocenters. The van der Waals surface area contributed by atoms with E-state index in [0.717, 1.165) is 31.7 Å². The second-order valence-corrected chi connectivity index (χ2v) is 4.10. The highest BCUT2D eigenvalue weighted by Gasteiger charge is 2.27. The van der Waals surface area contributed by atoms with E-state index in [2.05, 4.69) is 16.0 Å². The SMILES string of the molecule is CC1(O)CCN(c2c[c]ccn2)CC1. The molecule has 2 heterocycles. The first-order valence-electron chi connectivity index (χ1n) is 4.97. The molecule has 1 aromatic heterocycles. The first-order valence-corrected chi connectivity index (χ1v) is 4.97. The Labute approximate surface area is 84.4 Å². The fourth-order valence-electron chi connectivity index (χ4n) is 1.71. The molecule has 1 fully saturated rings. The van der Waals surface area contributed by atoms with Crippen LogP contribution in [0.3, 0.4) is 0 Å². The average Bonchev–Trinajstić information content (AvgIpc) is 2.19. The first-order chi connectivity index (χ1) is 6.67. The molecular weight excluding hydrogens is 176 g/mol. The Morgan fingerprint density at radius 1 is 1.50 bits per heavy atom. The summed E-state index contributed by atoms with van der Waals surface area (Å²) in [4.78, 5) is 6.45. The highest BCUT2D eigenvalue weighted by Crippen LogP contribution is 2.23. The van der Waals surface area contributed by atoms with Gasteiger partial charge in [0.1, 0.15) is 5.82 Å². The molecule has 3 heteroatoms. The zero-order valence-corrected chi connectivity index (χ0v) is 8.40. The maximum Gasteiger partial charge on any atom is 0.129 e. The standard InChI is InChI=1S/C11H15N2O/c1-11(14)5-8-13(9-6-11)10-4-2-3-7-12-10/h3-4,7,14H,5-6,8-9H2,1H3. The average molecular weight is 191 g/mol. The van der Waals surface area contributed by atoms with Crippen molar-refractivity contribution in [3.63, 3.8) is 0 Å². The summed E-state index contributed by atoms with van der Waals surface area (Å²) < 4.78 is 0. The van der Waals surface area contributed by atoms with Gasteiger partial charge in [-0.05, 0) is 38.0 Å². The van der Waals surface area contributed by atoms with Gasteiger partial charge in [0.25, 0.3) is 0 Å². The van der Waals surface area contributed by atoms with Gasteiger partial charge < -0.3 is 10.0 Å². The minimum atomic E-state index is -0.491. The third-order valence-electron chi connectivity index (χ3n) is 2.75. The monoisotopic (exact) mass is 191 g/mol. The van der Waals surface area contributed by atoms with E-state index in [4.69, 9.17) is 0 Å². The Balaban J connectivity index is 2.03. The molecule has 0 bridgehead atoms. The van der Waals surface area contributed by atoms with Crippen molar-refractivity contribution in [2.75, 3.05) is 18.0 Å². The Morgan fingerprint density at radius 3 is 2.79 bits per heavy atom. The Hall–Kier alpha value is -1.09. The number of rotatable bonds is 1. The minimum Gasteiger partial charge on any atom is -0.390 e. The van der Waals surface area contributed by atoms with Gasteiger partial charge in [-0.2, -0.15) is 0 Å². The van der Waals surface area contributed by atoms with Crippen LogP contribution in [0.15, 0.2) is 18.3 Å². The number of anilines is 1. The van der Waals surface area contributed by atoms with Crippen molar-refractivity contribution in [1.29, 1.82) is 0 Å². The summed E-state index contributed by atoms with van der Waals surface area (Å²) in [6.45, 7) is 3.64. The molecule has 0 unspecified atom stereocenters. The van der Waals surface area contributed by atoms with Gasteiger partial charge in [-0.25, -0.2) is 4.98 Å². The molecule has 14 heavy (non-hydrogen) atoms. The first kappa shape index (κ1) is 9.46. The van der Waals surface area contributed by atoms with E-state index < -0.39 is 5.60 Å². The summed E-state index contributed by atoms with van der Waals surface area (Å²) >= 11 is 0. The number of hydrogen-bond acceptors (Lipinski definition) is 3. The molecule has 1 aromatic rings. The minimum absolute atomic E-state index is 0.491. The number of nitrogens with zero attached hydrogens (tertiary/aromatic N) is 2. The number of hydrogen-bond donors (Lipinski definition) is 1. The van der Waals surface area contributed by atoms with Crippen LogP contribution >= 0.6 is 0 Å². The highest BCUT2D eigenvalue weighted by molar-refractivity contribution is 5.37. The van der Waals surface area contributed by atoms with Gasteiger partial charge in [-0.3, -0.25) is 0 Å². The van der Waals surface area contributed by atoms with E-state index in [9.17, 15) is 5.11 Å². The number of piperidine rings is 1. The summed E-state index contributed by atoms with van der Waals surface area (Å²) in [5, 5.41) is 9.78. The molecule has 0 aliphatic carbocycles. The normalized spacial score (nSPS) is 20.9. The largest absolute Gasteiger partial charge is 0.390 e. The summed E-state index contributed by atoms with van der Waals surface area (Å²) in [6, 6.07) is 6.70. The Bertz CT molecular complexity index is 287. The van der Waals surface area contributed by atoms with Crippen LogP contribution in [-0.2, 0) is 0 Å². The maximum absolute atomic E-state index is 9.78. The molecule has 2 rings (SSSR count). The highest BCUT2D eigenvalue weighted by atomic mass is 16.3. The molecule has 0 amide bonds. The molecule has 1 aliphatic heterocycles. The van der Waals surface area contributed by atoms with Crippen LogP contribution in [0, 0.1) is 6.07 Å². The van der Waals surface area contributed by atoms with Crippen LogP contribution in [0.1, 0.15) is 19.8 Å². The lowest BCUT2D eigenvalue weighted by molar-refractivity contribution is 0.0350. The van der Waals surface area contributed by atoms with Crippen molar-refractivity contribution < 1.29 is 5.11 Å². The van der Waals surface area contributed by atoms with Gasteiger partial charge in [-0.15, -0.1) is 0 Å². The van der Waals surface area contributed by atoms with Crippen LogP contribution in [0.25, 0.3) is 0 Å². The fraction of sp³-hybridized carbons (Fsp3) is 0.545. The van der Waals surface area contributed by atoms with E-state index >= 15 is 0 Å². The third kappa shape index (κ3) is 2.04. The summed E-state index contributed by atoms with van der Waals surface area (Å²) in [5.41, 5.74) is -0.491. The lowest BCUT2D eigenvalue weighted by Crippen LogP contribution is -2.42. The van der Waals surface area contributed by atoms with Gasteiger partial charge in [0.15, 0.2) is 0 Å². The molecule has 0 spiro atoms. The molecule has 0 saturated carbocycles. The lowest BCUT2D eigenvalue weighted by atomic mass is 9.94. The maximum atomic E-state index is 9.78. The molecular formula is C11H15N2O. The van der Waals surface area contributed by atoms with Crippen LogP contribution < -0.4 is 4.90 Å². The number of aromatic nitrogens is 1. The van der Waals surface area contributed by atoms with Crippen molar-refractivity contribution in [3.8, 4) is 0 Å². The molecule has 1 radical (unpaired) electrons. The third-order valence-corrected chi connectivity index (χ3v) is 2.75. The summed E-state index contributed by atoms with van der Waals surface area (Å²) in [6.07, 6.45) is 3.37. The predicted octanol–water partition coefficient (Wildman–Crippen LogP) is 1.23. The molecule has 1 aliphatic rings. The van der Waals surface area contributed by atoms with E-state index in [1.54, 1.807) is 12.3 Å². The van der Waals surface area contributed by atoms with Gasteiger partial charge >= 0.3 is 0 Å². The van der Waals surface area contributed by atoms with E-state index in [1.165, 1.54) is 0 Å². The molecule has 1 N–H and O–H groups in total. The second kappa shape index (κ2) is 3.58. The van der Waals surface area contributed by atoms with Gasteiger partial charge in [-0.1, -0.05) is 0 Å². The molecule has 1 saturated heterocycles. The lowest BCUT2D eigenvalue weighted by Gasteiger charge is -2.36. The van der Waals surface area contributed by atoms with Gasteiger partial charge in [0.05, 0.1) is 5.60 Å². The number of aliphatic hydroxyl groups is 1. The van der Waals surface area contributed by atoms with Crippen molar-refractivity contribution in [2.24, 2.45) is 0 Å². The van der Waals surface area contributed by atoms with Gasteiger partial charge in [0.2, 0.25) is 0 Å². The molecule has 0 aromatic carbocycles. The van der Waals surface area contributed by atoms with Crippen LogP contribution in [0.4, 0.5) is 5.82 Å².